The summed E-state index contributed by atoms with van der Waals surface area (Å²) < 4.78 is 105. The van der Waals surface area contributed by atoms with Crippen LogP contribution in [0, 0.1) is 0 Å². The Labute approximate surface area is 210 Å². The van der Waals surface area contributed by atoms with Crippen molar-refractivity contribution in [1.82, 2.24) is 0 Å². The second kappa shape index (κ2) is 12.2. The quantitative estimate of drug-likeness (QED) is 0.277. The molecule has 1 saturated heterocycles. The van der Waals surface area contributed by atoms with Crippen LogP contribution in [0.2, 0.25) is 0 Å². The number of alkyl halides is 3. The van der Waals surface area contributed by atoms with Gasteiger partial charge in [0.2, 0.25) is 10.3 Å². The van der Waals surface area contributed by atoms with Crippen molar-refractivity contribution in [2.45, 2.75) is 29.7 Å². The van der Waals surface area contributed by atoms with E-state index < -0.39 is 39.0 Å². The number of fused-ring (bicyclic) bond motifs is 1. The van der Waals surface area contributed by atoms with Crippen molar-refractivity contribution < 1.29 is 48.4 Å². The molecule has 202 valence electrons. The van der Waals surface area contributed by atoms with Gasteiger partial charge in [-0.05, 0) is 37.5 Å². The molecule has 0 N–H and O–H groups in total. The molecule has 0 atom stereocenters. The number of sulfonamides is 1. The second-order valence-electron chi connectivity index (χ2n) is 7.64. The van der Waals surface area contributed by atoms with Gasteiger partial charge in [0.05, 0.1) is 18.6 Å². The third kappa shape index (κ3) is 7.38. The summed E-state index contributed by atoms with van der Waals surface area (Å²) >= 11 is 0. The third-order valence-electron chi connectivity index (χ3n) is 5.12. The highest BCUT2D eigenvalue weighted by Gasteiger charge is 2.40. The molecule has 0 amide bonds. The van der Waals surface area contributed by atoms with E-state index in [0.29, 0.717) is 30.1 Å². The van der Waals surface area contributed by atoms with Crippen LogP contribution in [-0.2, 0) is 40.1 Å². The molecule has 0 bridgehead atoms. The molecule has 9 nitrogen and oxygen atoms in total. The molecule has 36 heavy (non-hydrogen) atoms. The molecule has 0 radical (unpaired) electrons. The maximum absolute atomic E-state index is 12.4. The highest BCUT2D eigenvalue weighted by atomic mass is 32.3. The van der Waals surface area contributed by atoms with E-state index in [9.17, 15) is 30.0 Å². The number of methoxy groups -OCH3 is 1. The molecule has 0 unspecified atom stereocenters. The number of hydrogen-bond acceptors (Lipinski definition) is 8. The number of hydrogen-bond donors (Lipinski definition) is 0. The number of ether oxygens (including phenoxy) is 3. The first-order valence-electron chi connectivity index (χ1n) is 10.9. The van der Waals surface area contributed by atoms with E-state index >= 15 is 0 Å². The average Bonchev–Trinajstić information content (AvgIpc) is 2.81. The van der Waals surface area contributed by atoms with Crippen molar-refractivity contribution in [2.24, 2.45) is 0 Å². The van der Waals surface area contributed by atoms with Crippen LogP contribution in [0.4, 0.5) is 13.2 Å². The first-order valence-corrected chi connectivity index (χ1v) is 15.2. The lowest BCUT2D eigenvalue weighted by Crippen LogP contribution is -2.25. The minimum Gasteiger partial charge on any atom is -0.490 e. The maximum atomic E-state index is 12.4. The molecule has 1 aliphatic rings. The first-order chi connectivity index (χ1) is 17.0. The SMILES string of the molecule is COCCOc1cccc2c(OCCOS(=O)(=O)[N-]S(=O)(=O)C(F)(F)F)ccc([S+]3CCCCC3)c12. The Hall–Kier alpha value is -1.78. The van der Waals surface area contributed by atoms with Crippen LogP contribution in [0.5, 0.6) is 11.5 Å². The van der Waals surface area contributed by atoms with Gasteiger partial charge in [-0.3, -0.25) is 4.18 Å². The minimum absolute atomic E-state index is 0.0232. The standard InChI is InChI=1S/C21H26F3NO8S3/c1-30-10-11-32-18-7-5-6-16-17(8-9-19(20(16)18)34-14-3-2-4-15-34)31-12-13-33-36(28,29)25-35(26,27)21(22,23)24/h5-9H,2-4,10-15H2,1H3. The zero-order valence-corrected chi connectivity index (χ0v) is 21.8. The maximum Gasteiger partial charge on any atom is 0.480 e. The molecule has 3 rings (SSSR count). The zero-order valence-electron chi connectivity index (χ0n) is 19.3. The summed E-state index contributed by atoms with van der Waals surface area (Å²) in [7, 11) is -10.0. The zero-order chi connectivity index (χ0) is 26.4. The Morgan fingerprint density at radius 2 is 1.56 bits per heavy atom. The second-order valence-corrected chi connectivity index (χ2v) is 13.0. The fraction of sp³-hybridized carbons (Fsp3) is 0.524. The van der Waals surface area contributed by atoms with Crippen LogP contribution in [0.1, 0.15) is 19.3 Å². The number of rotatable bonds is 12. The van der Waals surface area contributed by atoms with E-state index in [2.05, 4.69) is 4.18 Å². The van der Waals surface area contributed by atoms with E-state index in [0.717, 1.165) is 34.6 Å². The summed E-state index contributed by atoms with van der Waals surface area (Å²) in [6.07, 6.45) is 3.46. The van der Waals surface area contributed by atoms with Crippen LogP contribution in [0.3, 0.4) is 0 Å². The van der Waals surface area contributed by atoms with E-state index in [4.69, 9.17) is 14.2 Å². The van der Waals surface area contributed by atoms with E-state index in [-0.39, 0.29) is 10.9 Å². The summed E-state index contributed by atoms with van der Waals surface area (Å²) in [6.45, 7) is -0.412. The Balaban J connectivity index is 1.77. The lowest BCUT2D eigenvalue weighted by atomic mass is 10.1. The van der Waals surface area contributed by atoms with Crippen LogP contribution >= 0.6 is 0 Å². The van der Waals surface area contributed by atoms with Crippen LogP contribution < -0.4 is 9.47 Å². The summed E-state index contributed by atoms with van der Waals surface area (Å²) in [5, 5.41) is 1.59. The Bertz CT molecular complexity index is 1250. The lowest BCUT2D eigenvalue weighted by molar-refractivity contribution is -0.0425. The van der Waals surface area contributed by atoms with Gasteiger partial charge < -0.3 is 18.3 Å². The Morgan fingerprint density at radius 1 is 0.889 bits per heavy atom. The van der Waals surface area contributed by atoms with Gasteiger partial charge in [0.25, 0.3) is 0 Å². The molecule has 0 aromatic heterocycles. The summed E-state index contributed by atoms with van der Waals surface area (Å²) in [5.74, 6) is 3.17. The number of benzene rings is 2. The van der Waals surface area contributed by atoms with Gasteiger partial charge in [-0.25, -0.2) is 16.8 Å². The summed E-state index contributed by atoms with van der Waals surface area (Å²) in [6, 6.07) is 9.14. The molecule has 0 saturated carbocycles. The predicted octanol–water partition coefficient (Wildman–Crippen LogP) is 3.89. The van der Waals surface area contributed by atoms with Gasteiger partial charge in [0, 0.05) is 23.4 Å². The predicted molar refractivity (Wildman–Crippen MR) is 129 cm³/mol. The average molecular weight is 574 g/mol. The van der Waals surface area contributed by atoms with Gasteiger partial charge in [-0.2, -0.15) is 13.2 Å². The van der Waals surface area contributed by atoms with Crippen LogP contribution in [0.25, 0.3) is 14.9 Å². The minimum atomic E-state index is -6.25. The number of halogens is 3. The molecule has 1 fully saturated rings. The number of nitrogens with zero attached hydrogens (tertiary/aromatic N) is 1. The Kier molecular flexibility index (Phi) is 9.74. The fourth-order valence-electron chi connectivity index (χ4n) is 3.56. The van der Waals surface area contributed by atoms with E-state index in [1.54, 1.807) is 19.2 Å². The molecule has 1 heterocycles. The normalized spacial score (nSPS) is 15.8. The molecule has 0 spiro atoms. The third-order valence-corrected chi connectivity index (χ3v) is 10.2. The molecular weight excluding hydrogens is 547 g/mol. The van der Waals surface area contributed by atoms with E-state index in [1.807, 2.05) is 22.3 Å². The van der Waals surface area contributed by atoms with Crippen LogP contribution in [-0.4, -0.2) is 67.4 Å². The van der Waals surface area contributed by atoms with Crippen molar-refractivity contribution in [3.63, 3.8) is 0 Å². The molecule has 2 aromatic rings. The molecule has 2 aromatic carbocycles. The van der Waals surface area contributed by atoms with Crippen molar-refractivity contribution in [2.75, 3.05) is 45.0 Å². The Morgan fingerprint density at radius 3 is 2.22 bits per heavy atom. The largest absolute Gasteiger partial charge is 0.490 e. The monoisotopic (exact) mass is 573 g/mol. The fourth-order valence-corrected chi connectivity index (χ4v) is 7.82. The highest BCUT2D eigenvalue weighted by Crippen LogP contribution is 2.39. The molecule has 0 aliphatic carbocycles. The van der Waals surface area contributed by atoms with Crippen molar-refractivity contribution in [3.8, 4) is 11.5 Å². The first kappa shape index (κ1) is 28.8. The van der Waals surface area contributed by atoms with Crippen molar-refractivity contribution in [3.05, 3.63) is 34.5 Å². The summed E-state index contributed by atoms with van der Waals surface area (Å²) in [5.41, 5.74) is -5.86. The highest BCUT2D eigenvalue weighted by molar-refractivity contribution is 8.10. The van der Waals surface area contributed by atoms with Gasteiger partial charge in [-0.1, -0.05) is 12.1 Å². The molecular formula is C21H26F3NO8S3. The smallest absolute Gasteiger partial charge is 0.480 e. The van der Waals surface area contributed by atoms with Crippen LogP contribution in [0.15, 0.2) is 35.2 Å². The lowest BCUT2D eigenvalue weighted by Gasteiger charge is -2.21. The van der Waals surface area contributed by atoms with Crippen molar-refractivity contribution in [1.29, 1.82) is 0 Å². The van der Waals surface area contributed by atoms with Gasteiger partial charge in [0.15, 0.2) is 14.9 Å². The van der Waals surface area contributed by atoms with Gasteiger partial charge >= 0.3 is 5.51 Å². The topological polar surface area (TPSA) is 119 Å². The van der Waals surface area contributed by atoms with Gasteiger partial charge in [0.1, 0.15) is 36.2 Å². The van der Waals surface area contributed by atoms with E-state index in [1.165, 1.54) is 6.42 Å². The van der Waals surface area contributed by atoms with Crippen molar-refractivity contribution >= 4 is 42.0 Å². The molecule has 1 aliphatic heterocycles. The molecule has 15 heteroatoms. The van der Waals surface area contributed by atoms with Gasteiger partial charge in [-0.15, -0.1) is 0 Å². The summed E-state index contributed by atoms with van der Waals surface area (Å²) in [4.78, 5) is 1.14.